The zero-order valence-corrected chi connectivity index (χ0v) is 19.0. The fraction of sp³-hybridized carbons (Fsp3) is 0.480. The van der Waals surface area contributed by atoms with Gasteiger partial charge >= 0.3 is 0 Å². The Labute approximate surface area is 194 Å². The predicted octanol–water partition coefficient (Wildman–Crippen LogP) is 4.13. The molecule has 2 aromatic rings. The number of hydrogen-bond acceptors (Lipinski definition) is 5. The van der Waals surface area contributed by atoms with Crippen molar-refractivity contribution in [2.24, 2.45) is 11.8 Å². The van der Waals surface area contributed by atoms with Crippen LogP contribution in [0.4, 0.5) is 5.82 Å². The molecule has 6 nitrogen and oxygen atoms in total. The Morgan fingerprint density at radius 3 is 2.25 bits per heavy atom. The monoisotopic (exact) mass is 455 g/mol. The number of amides is 1. The Morgan fingerprint density at radius 1 is 1.03 bits per heavy atom. The van der Waals surface area contributed by atoms with Crippen LogP contribution in [0.1, 0.15) is 54.1 Å². The quantitative estimate of drug-likeness (QED) is 0.523. The van der Waals surface area contributed by atoms with E-state index in [1.165, 1.54) is 6.42 Å². The molecule has 1 aromatic heterocycles. The Balaban J connectivity index is 1.22. The van der Waals surface area contributed by atoms with E-state index in [1.54, 1.807) is 18.2 Å². The van der Waals surface area contributed by atoms with Crippen LogP contribution in [-0.4, -0.2) is 53.4 Å². The van der Waals surface area contributed by atoms with Crippen molar-refractivity contribution in [3.05, 3.63) is 58.7 Å². The standard InChI is InChI=1S/C25H30ClN3O3/c26-24-21(17-30)6-7-22(27-24)28-12-8-18(9-13-28)16-19-10-14-29(15-11-19)25(32)23(31)20-4-2-1-3-5-20/h1-7,17-19,23,31H,8-16H2/t23-/m1/s1. The van der Waals surface area contributed by atoms with Crippen molar-refractivity contribution in [3.63, 3.8) is 0 Å². The second-order valence-corrected chi connectivity index (χ2v) is 9.27. The first-order valence-electron chi connectivity index (χ1n) is 11.4. The lowest BCUT2D eigenvalue weighted by molar-refractivity contribution is -0.142. The topological polar surface area (TPSA) is 73.7 Å². The highest BCUT2D eigenvalue weighted by Crippen LogP contribution is 2.32. The van der Waals surface area contributed by atoms with E-state index in [0.29, 0.717) is 23.0 Å². The Bertz CT molecular complexity index is 923. The first-order chi connectivity index (χ1) is 15.5. The number of pyridine rings is 1. The Hall–Kier alpha value is -2.44. The summed E-state index contributed by atoms with van der Waals surface area (Å²) in [4.78, 5) is 32.0. The van der Waals surface area contributed by atoms with Gasteiger partial charge in [-0.2, -0.15) is 0 Å². The fourth-order valence-corrected chi connectivity index (χ4v) is 5.10. The maximum Gasteiger partial charge on any atom is 0.256 e. The fourth-order valence-electron chi connectivity index (χ4n) is 4.91. The van der Waals surface area contributed by atoms with E-state index in [-0.39, 0.29) is 11.1 Å². The summed E-state index contributed by atoms with van der Waals surface area (Å²) in [7, 11) is 0. The molecule has 170 valence electrons. The van der Waals surface area contributed by atoms with Crippen LogP contribution in [0.5, 0.6) is 0 Å². The normalized spacial score (nSPS) is 19.1. The number of hydrogen-bond donors (Lipinski definition) is 1. The van der Waals surface area contributed by atoms with Crippen LogP contribution in [0.25, 0.3) is 0 Å². The van der Waals surface area contributed by atoms with Crippen molar-refractivity contribution in [3.8, 4) is 0 Å². The molecule has 0 saturated carbocycles. The van der Waals surface area contributed by atoms with Gasteiger partial charge in [0.2, 0.25) is 0 Å². The first kappa shape index (κ1) is 22.7. The summed E-state index contributed by atoms with van der Waals surface area (Å²) in [5.41, 5.74) is 1.08. The highest BCUT2D eigenvalue weighted by atomic mass is 35.5. The van der Waals surface area contributed by atoms with Crippen molar-refractivity contribution < 1.29 is 14.7 Å². The Kier molecular flexibility index (Phi) is 7.43. The molecule has 32 heavy (non-hydrogen) atoms. The van der Waals surface area contributed by atoms with Crippen LogP contribution in [0.15, 0.2) is 42.5 Å². The molecule has 4 rings (SSSR count). The summed E-state index contributed by atoms with van der Waals surface area (Å²) in [6, 6.07) is 12.7. The highest BCUT2D eigenvalue weighted by molar-refractivity contribution is 6.31. The number of carbonyl (C=O) groups is 2. The van der Waals surface area contributed by atoms with Crippen LogP contribution in [-0.2, 0) is 4.79 Å². The zero-order valence-electron chi connectivity index (χ0n) is 18.2. The third-order valence-electron chi connectivity index (χ3n) is 6.87. The van der Waals surface area contributed by atoms with E-state index in [2.05, 4.69) is 9.88 Å². The molecule has 0 radical (unpaired) electrons. The molecule has 0 spiro atoms. The molecule has 2 aliphatic rings. The average Bonchev–Trinajstić information content (AvgIpc) is 2.84. The van der Waals surface area contributed by atoms with Crippen LogP contribution < -0.4 is 4.90 Å². The van der Waals surface area contributed by atoms with Gasteiger partial charge in [-0.3, -0.25) is 9.59 Å². The molecule has 1 aromatic carbocycles. The van der Waals surface area contributed by atoms with E-state index < -0.39 is 6.10 Å². The Morgan fingerprint density at radius 2 is 1.66 bits per heavy atom. The van der Waals surface area contributed by atoms with Gasteiger partial charge in [0.25, 0.3) is 5.91 Å². The number of aromatic nitrogens is 1. The maximum absolute atomic E-state index is 12.7. The lowest BCUT2D eigenvalue weighted by Gasteiger charge is -2.37. The number of aliphatic hydroxyl groups excluding tert-OH is 1. The maximum atomic E-state index is 12.7. The molecule has 2 saturated heterocycles. The second kappa shape index (κ2) is 10.5. The molecule has 2 fully saturated rings. The van der Waals surface area contributed by atoms with Crippen molar-refractivity contribution in [2.75, 3.05) is 31.1 Å². The lowest BCUT2D eigenvalue weighted by Crippen LogP contribution is -2.42. The average molecular weight is 456 g/mol. The zero-order chi connectivity index (χ0) is 22.5. The van der Waals surface area contributed by atoms with Crippen molar-refractivity contribution >= 4 is 29.6 Å². The van der Waals surface area contributed by atoms with Crippen molar-refractivity contribution in [1.82, 2.24) is 9.88 Å². The number of aliphatic hydroxyl groups is 1. The van der Waals surface area contributed by atoms with Gasteiger partial charge in [0.15, 0.2) is 12.4 Å². The van der Waals surface area contributed by atoms with Gasteiger partial charge in [-0.15, -0.1) is 0 Å². The smallest absolute Gasteiger partial charge is 0.256 e. The van der Waals surface area contributed by atoms with Gasteiger partial charge in [-0.05, 0) is 61.6 Å². The summed E-state index contributed by atoms with van der Waals surface area (Å²) in [5.74, 6) is 1.96. The largest absolute Gasteiger partial charge is 0.378 e. The van der Waals surface area contributed by atoms with Crippen LogP contribution in [0.3, 0.4) is 0 Å². The third-order valence-corrected chi connectivity index (χ3v) is 7.17. The summed E-state index contributed by atoms with van der Waals surface area (Å²) in [6.07, 6.45) is 5.07. The number of nitrogens with zero attached hydrogens (tertiary/aromatic N) is 3. The summed E-state index contributed by atoms with van der Waals surface area (Å²) >= 11 is 6.08. The lowest BCUT2D eigenvalue weighted by atomic mass is 9.82. The van der Waals surface area contributed by atoms with Crippen LogP contribution in [0.2, 0.25) is 5.15 Å². The first-order valence-corrected chi connectivity index (χ1v) is 11.8. The molecular formula is C25H30ClN3O3. The molecule has 0 unspecified atom stereocenters. The number of piperidine rings is 2. The molecule has 0 bridgehead atoms. The van der Waals surface area contributed by atoms with E-state index >= 15 is 0 Å². The molecule has 2 aliphatic heterocycles. The minimum atomic E-state index is -1.07. The number of benzene rings is 1. The summed E-state index contributed by atoms with van der Waals surface area (Å²) in [5, 5.41) is 10.7. The number of anilines is 1. The van der Waals surface area contributed by atoms with E-state index in [0.717, 1.165) is 64.0 Å². The summed E-state index contributed by atoms with van der Waals surface area (Å²) < 4.78 is 0. The number of rotatable bonds is 6. The minimum Gasteiger partial charge on any atom is -0.378 e. The second-order valence-electron chi connectivity index (χ2n) is 8.92. The predicted molar refractivity (Wildman–Crippen MR) is 125 cm³/mol. The molecular weight excluding hydrogens is 426 g/mol. The van der Waals surface area contributed by atoms with Gasteiger partial charge in [0.1, 0.15) is 11.0 Å². The summed E-state index contributed by atoms with van der Waals surface area (Å²) in [6.45, 7) is 3.32. The van der Waals surface area contributed by atoms with Crippen LogP contribution >= 0.6 is 11.6 Å². The highest BCUT2D eigenvalue weighted by Gasteiger charge is 2.30. The minimum absolute atomic E-state index is 0.185. The number of halogens is 1. The van der Waals surface area contributed by atoms with E-state index in [9.17, 15) is 14.7 Å². The van der Waals surface area contributed by atoms with Crippen LogP contribution in [0, 0.1) is 11.8 Å². The van der Waals surface area contributed by atoms with Gasteiger partial charge in [-0.25, -0.2) is 4.98 Å². The van der Waals surface area contributed by atoms with Crippen molar-refractivity contribution in [2.45, 2.75) is 38.2 Å². The van der Waals surface area contributed by atoms with Gasteiger partial charge in [0.05, 0.1) is 5.56 Å². The SMILES string of the molecule is O=Cc1ccc(N2CCC(CC3CCN(C(=O)[C@H](O)c4ccccc4)CC3)CC2)nc1Cl. The number of aldehydes is 1. The molecule has 1 atom stereocenters. The molecule has 1 N–H and O–H groups in total. The van der Waals surface area contributed by atoms with E-state index in [1.807, 2.05) is 29.2 Å². The molecule has 3 heterocycles. The molecule has 0 aliphatic carbocycles. The van der Waals surface area contributed by atoms with Gasteiger partial charge in [0, 0.05) is 26.2 Å². The van der Waals surface area contributed by atoms with Gasteiger partial charge < -0.3 is 14.9 Å². The van der Waals surface area contributed by atoms with E-state index in [4.69, 9.17) is 11.6 Å². The number of carbonyl (C=O) groups excluding carboxylic acids is 2. The third kappa shape index (κ3) is 5.30. The van der Waals surface area contributed by atoms with Gasteiger partial charge in [-0.1, -0.05) is 41.9 Å². The van der Waals surface area contributed by atoms with Crippen molar-refractivity contribution in [1.29, 1.82) is 0 Å². The number of likely N-dealkylation sites (tertiary alicyclic amines) is 1. The molecule has 1 amide bonds. The molecule has 7 heteroatoms.